The number of nitriles is 1. The van der Waals surface area contributed by atoms with Crippen LogP contribution in [0.15, 0.2) is 22.7 Å². The van der Waals surface area contributed by atoms with E-state index in [4.69, 9.17) is 15.7 Å². The van der Waals surface area contributed by atoms with Crippen molar-refractivity contribution in [1.82, 2.24) is 0 Å². The molecule has 0 spiro atoms. The molecule has 0 saturated carbocycles. The zero-order valence-electron chi connectivity index (χ0n) is 9.79. The molecule has 0 amide bonds. The quantitative estimate of drug-likeness (QED) is 0.787. The van der Waals surface area contributed by atoms with E-state index >= 15 is 0 Å². The van der Waals surface area contributed by atoms with Crippen LogP contribution in [-0.4, -0.2) is 13.2 Å². The number of rotatable bonds is 7. The van der Waals surface area contributed by atoms with Gasteiger partial charge in [0.25, 0.3) is 0 Å². The van der Waals surface area contributed by atoms with E-state index in [1.165, 1.54) is 5.56 Å². The Bertz CT molecular complexity index is 387. The van der Waals surface area contributed by atoms with Crippen LogP contribution in [0.3, 0.4) is 0 Å². The smallest absolute Gasteiger partial charge is 0.133 e. The van der Waals surface area contributed by atoms with Gasteiger partial charge in [-0.1, -0.05) is 6.07 Å². The summed E-state index contributed by atoms with van der Waals surface area (Å²) in [6.07, 6.45) is 3.27. The first kappa shape index (κ1) is 14.0. The summed E-state index contributed by atoms with van der Waals surface area (Å²) in [5, 5.41) is 8.40. The van der Waals surface area contributed by atoms with Crippen LogP contribution in [0.5, 0.6) is 5.75 Å². The summed E-state index contributed by atoms with van der Waals surface area (Å²) in [4.78, 5) is 0. The average Bonchev–Trinajstić information content (AvgIpc) is 2.32. The molecule has 0 fully saturated rings. The Morgan fingerprint density at radius 1 is 1.35 bits per heavy atom. The molecule has 0 aliphatic heterocycles. The second kappa shape index (κ2) is 8.10. The van der Waals surface area contributed by atoms with E-state index < -0.39 is 0 Å². The highest BCUT2D eigenvalue weighted by Gasteiger charge is 2.02. The predicted molar refractivity (Wildman–Crippen MR) is 71.9 cm³/mol. The maximum Gasteiger partial charge on any atom is 0.133 e. The van der Waals surface area contributed by atoms with Crippen molar-refractivity contribution in [2.45, 2.75) is 25.7 Å². The Balaban J connectivity index is 2.41. The van der Waals surface area contributed by atoms with Crippen molar-refractivity contribution in [3.63, 3.8) is 0 Å². The number of hydrogen-bond donors (Lipinski definition) is 1. The number of nitrogens with two attached hydrogens (primary N) is 1. The second-order valence-corrected chi connectivity index (χ2v) is 4.62. The summed E-state index contributed by atoms with van der Waals surface area (Å²) < 4.78 is 6.59. The normalized spacial score (nSPS) is 9.94. The van der Waals surface area contributed by atoms with Crippen molar-refractivity contribution in [3.05, 3.63) is 28.2 Å². The first-order chi connectivity index (χ1) is 8.27. The monoisotopic (exact) mass is 296 g/mol. The minimum Gasteiger partial charge on any atom is -0.492 e. The molecule has 0 aromatic heterocycles. The lowest BCUT2D eigenvalue weighted by Crippen LogP contribution is -2.03. The van der Waals surface area contributed by atoms with Crippen LogP contribution < -0.4 is 10.5 Å². The standard InChI is InChI=1S/C13H17BrN2O/c14-12-10-11(6-8-16)4-5-13(12)17-9-3-1-2-7-15/h4-5,10H,1-3,6,8-9,16H2. The highest BCUT2D eigenvalue weighted by molar-refractivity contribution is 9.10. The molecule has 1 aromatic carbocycles. The van der Waals surface area contributed by atoms with Crippen molar-refractivity contribution in [3.8, 4) is 11.8 Å². The minimum absolute atomic E-state index is 0.597. The van der Waals surface area contributed by atoms with Crippen molar-refractivity contribution in [1.29, 1.82) is 5.26 Å². The molecule has 92 valence electrons. The molecule has 0 aliphatic rings. The van der Waals surface area contributed by atoms with E-state index in [0.717, 1.165) is 29.5 Å². The third-order valence-electron chi connectivity index (χ3n) is 2.37. The van der Waals surface area contributed by atoms with E-state index in [0.29, 0.717) is 19.6 Å². The van der Waals surface area contributed by atoms with Crippen molar-refractivity contribution in [2.75, 3.05) is 13.2 Å². The largest absolute Gasteiger partial charge is 0.492 e. The van der Waals surface area contributed by atoms with Gasteiger partial charge in [0, 0.05) is 6.42 Å². The summed E-state index contributed by atoms with van der Waals surface area (Å²) in [6.45, 7) is 1.30. The second-order valence-electron chi connectivity index (χ2n) is 3.77. The molecule has 3 nitrogen and oxygen atoms in total. The number of hydrogen-bond acceptors (Lipinski definition) is 3. The maximum atomic E-state index is 8.40. The van der Waals surface area contributed by atoms with Crippen LogP contribution in [0.25, 0.3) is 0 Å². The first-order valence-electron chi connectivity index (χ1n) is 5.76. The maximum absolute atomic E-state index is 8.40. The number of unbranched alkanes of at least 4 members (excludes halogenated alkanes) is 2. The van der Waals surface area contributed by atoms with Crippen molar-refractivity contribution < 1.29 is 4.74 Å². The molecule has 0 heterocycles. The summed E-state index contributed by atoms with van der Waals surface area (Å²) in [5.74, 6) is 0.850. The molecule has 0 saturated heterocycles. The SMILES string of the molecule is N#CCCCCOc1ccc(CCN)cc1Br. The first-order valence-corrected chi connectivity index (χ1v) is 6.55. The summed E-state index contributed by atoms with van der Waals surface area (Å²) in [5.41, 5.74) is 6.71. The molecule has 2 N–H and O–H groups in total. The van der Waals surface area contributed by atoms with E-state index in [9.17, 15) is 0 Å². The van der Waals surface area contributed by atoms with Gasteiger partial charge in [0.15, 0.2) is 0 Å². The van der Waals surface area contributed by atoms with E-state index in [1.807, 2.05) is 18.2 Å². The average molecular weight is 297 g/mol. The number of benzene rings is 1. The third-order valence-corrected chi connectivity index (χ3v) is 2.99. The van der Waals surface area contributed by atoms with Crippen LogP contribution in [0.4, 0.5) is 0 Å². The topological polar surface area (TPSA) is 59.0 Å². The van der Waals surface area contributed by atoms with Gasteiger partial charge in [0.1, 0.15) is 5.75 Å². The lowest BCUT2D eigenvalue weighted by atomic mass is 10.1. The molecule has 1 aromatic rings. The van der Waals surface area contributed by atoms with Crippen molar-refractivity contribution >= 4 is 15.9 Å². The summed E-state index contributed by atoms with van der Waals surface area (Å²) in [6, 6.07) is 8.15. The number of nitrogens with zero attached hydrogens (tertiary/aromatic N) is 1. The molecule has 4 heteroatoms. The Kier molecular flexibility index (Phi) is 6.68. The molecule has 0 atom stereocenters. The molecule has 1 rings (SSSR count). The van der Waals surface area contributed by atoms with Crippen LogP contribution in [0.2, 0.25) is 0 Å². The van der Waals surface area contributed by atoms with E-state index in [-0.39, 0.29) is 0 Å². The van der Waals surface area contributed by atoms with E-state index in [2.05, 4.69) is 22.0 Å². The fourth-order valence-electron chi connectivity index (χ4n) is 1.47. The number of ether oxygens (including phenoxy) is 1. The van der Waals surface area contributed by atoms with Gasteiger partial charge in [-0.3, -0.25) is 0 Å². The zero-order chi connectivity index (χ0) is 12.5. The fourth-order valence-corrected chi connectivity index (χ4v) is 2.01. The Hall–Kier alpha value is -1.05. The van der Waals surface area contributed by atoms with E-state index in [1.54, 1.807) is 0 Å². The Morgan fingerprint density at radius 3 is 2.82 bits per heavy atom. The van der Waals surface area contributed by atoms with Gasteiger partial charge in [0.05, 0.1) is 17.1 Å². The molecule has 0 bridgehead atoms. The number of halogens is 1. The fraction of sp³-hybridized carbons (Fsp3) is 0.462. The Labute approximate surface area is 111 Å². The van der Waals surface area contributed by atoms with Crippen LogP contribution in [0, 0.1) is 11.3 Å². The third kappa shape index (κ3) is 5.20. The van der Waals surface area contributed by atoms with Gasteiger partial charge in [-0.2, -0.15) is 5.26 Å². The molecule has 17 heavy (non-hydrogen) atoms. The predicted octanol–water partition coefficient (Wildman–Crippen LogP) is 3.02. The van der Waals surface area contributed by atoms with Crippen LogP contribution >= 0.6 is 15.9 Å². The van der Waals surface area contributed by atoms with Gasteiger partial charge in [0.2, 0.25) is 0 Å². The molecule has 0 unspecified atom stereocenters. The highest BCUT2D eigenvalue weighted by Crippen LogP contribution is 2.26. The lowest BCUT2D eigenvalue weighted by molar-refractivity contribution is 0.305. The molecule has 0 radical (unpaired) electrons. The van der Waals surface area contributed by atoms with Gasteiger partial charge in [-0.05, 0) is 59.4 Å². The van der Waals surface area contributed by atoms with Crippen LogP contribution in [-0.2, 0) is 6.42 Å². The van der Waals surface area contributed by atoms with Gasteiger partial charge in [-0.25, -0.2) is 0 Å². The zero-order valence-corrected chi connectivity index (χ0v) is 11.4. The van der Waals surface area contributed by atoms with Gasteiger partial charge >= 0.3 is 0 Å². The van der Waals surface area contributed by atoms with Crippen molar-refractivity contribution in [2.24, 2.45) is 5.73 Å². The Morgan fingerprint density at radius 2 is 2.18 bits per heavy atom. The summed E-state index contributed by atoms with van der Waals surface area (Å²) >= 11 is 3.48. The molecule has 0 aliphatic carbocycles. The van der Waals surface area contributed by atoms with Crippen LogP contribution in [0.1, 0.15) is 24.8 Å². The highest BCUT2D eigenvalue weighted by atomic mass is 79.9. The summed E-state index contributed by atoms with van der Waals surface area (Å²) in [7, 11) is 0. The lowest BCUT2D eigenvalue weighted by Gasteiger charge is -2.09. The minimum atomic E-state index is 0.597. The molecular formula is C13H17BrN2O. The molecular weight excluding hydrogens is 280 g/mol. The van der Waals surface area contributed by atoms with Gasteiger partial charge in [-0.15, -0.1) is 0 Å². The van der Waals surface area contributed by atoms with Gasteiger partial charge < -0.3 is 10.5 Å².